The van der Waals surface area contributed by atoms with Crippen LogP contribution in [0.4, 0.5) is 0 Å². The smallest absolute Gasteiger partial charge is 0.263 e. The highest BCUT2D eigenvalue weighted by Gasteiger charge is 2.10. The first-order valence-corrected chi connectivity index (χ1v) is 4.83. The van der Waals surface area contributed by atoms with Gasteiger partial charge in [0.2, 0.25) is 0 Å². The summed E-state index contributed by atoms with van der Waals surface area (Å²) in [5.41, 5.74) is 6.59. The second-order valence-electron chi connectivity index (χ2n) is 3.34. The molecule has 0 bridgehead atoms. The molecule has 0 saturated carbocycles. The number of nitrogens with two attached hydrogens (primary N) is 1. The Balaban J connectivity index is 2.61. The third-order valence-corrected chi connectivity index (χ3v) is 2.03. The van der Waals surface area contributed by atoms with E-state index >= 15 is 0 Å². The first-order valence-electron chi connectivity index (χ1n) is 4.83. The van der Waals surface area contributed by atoms with Gasteiger partial charge in [-0.15, -0.1) is 0 Å². The number of hydrogen-bond acceptors (Lipinski definition) is 3. The lowest BCUT2D eigenvalue weighted by atomic mass is 10.2. The Kier molecular flexibility index (Phi) is 4.10. The van der Waals surface area contributed by atoms with Crippen LogP contribution in [-0.2, 0) is 11.3 Å². The Morgan fingerprint density at radius 3 is 2.56 bits per heavy atom. The Bertz CT molecular complexity index is 439. The molecule has 0 unspecified atom stereocenters. The molecule has 0 atom stereocenters. The average molecular weight is 215 g/mol. The number of amides is 1. The molecular weight excluding hydrogens is 202 g/mol. The van der Waals surface area contributed by atoms with Gasteiger partial charge in [-0.1, -0.05) is 30.3 Å². The zero-order chi connectivity index (χ0) is 12.0. The third kappa shape index (κ3) is 3.14. The van der Waals surface area contributed by atoms with Crippen molar-refractivity contribution in [3.8, 4) is 6.07 Å². The first kappa shape index (κ1) is 11.8. The normalized spacial score (nSPS) is 11.2. The van der Waals surface area contributed by atoms with E-state index in [2.05, 4.69) is 5.32 Å². The molecule has 4 nitrogen and oxygen atoms in total. The van der Waals surface area contributed by atoms with Crippen molar-refractivity contribution in [2.24, 2.45) is 5.73 Å². The number of nitrogens with one attached hydrogen (secondary N) is 1. The minimum atomic E-state index is -0.439. The van der Waals surface area contributed by atoms with E-state index in [4.69, 9.17) is 11.0 Å². The maximum absolute atomic E-state index is 11.5. The molecule has 0 heterocycles. The van der Waals surface area contributed by atoms with E-state index in [-0.39, 0.29) is 11.3 Å². The Morgan fingerprint density at radius 1 is 1.44 bits per heavy atom. The van der Waals surface area contributed by atoms with Gasteiger partial charge in [-0.2, -0.15) is 5.26 Å². The molecule has 1 rings (SSSR count). The predicted octanol–water partition coefficient (Wildman–Crippen LogP) is 1.06. The van der Waals surface area contributed by atoms with Crippen LogP contribution in [0.15, 0.2) is 41.6 Å². The van der Waals surface area contributed by atoms with E-state index < -0.39 is 5.91 Å². The molecule has 0 radical (unpaired) electrons. The summed E-state index contributed by atoms with van der Waals surface area (Å²) >= 11 is 0. The van der Waals surface area contributed by atoms with Crippen LogP contribution >= 0.6 is 0 Å². The van der Waals surface area contributed by atoms with Gasteiger partial charge in [0.05, 0.1) is 0 Å². The fourth-order valence-electron chi connectivity index (χ4n) is 1.18. The van der Waals surface area contributed by atoms with Crippen molar-refractivity contribution < 1.29 is 4.79 Å². The molecule has 1 aromatic rings. The molecule has 4 heteroatoms. The molecule has 1 aromatic carbocycles. The lowest BCUT2D eigenvalue weighted by Gasteiger charge is -2.04. The zero-order valence-electron chi connectivity index (χ0n) is 9.03. The molecule has 1 amide bonds. The summed E-state index contributed by atoms with van der Waals surface area (Å²) in [7, 11) is 0. The summed E-state index contributed by atoms with van der Waals surface area (Å²) in [6, 6.07) is 11.2. The SMILES string of the molecule is C/C(N)=C(\C#N)C(=O)NCc1ccccc1. The Morgan fingerprint density at radius 2 is 2.06 bits per heavy atom. The molecule has 0 aliphatic rings. The number of nitriles is 1. The number of hydrogen-bond donors (Lipinski definition) is 2. The van der Waals surface area contributed by atoms with Crippen molar-refractivity contribution in [1.29, 1.82) is 5.26 Å². The van der Waals surface area contributed by atoms with E-state index in [1.807, 2.05) is 30.3 Å². The highest BCUT2D eigenvalue weighted by atomic mass is 16.1. The second kappa shape index (κ2) is 5.56. The van der Waals surface area contributed by atoms with Crippen molar-refractivity contribution in [3.63, 3.8) is 0 Å². The van der Waals surface area contributed by atoms with Gasteiger partial charge >= 0.3 is 0 Å². The lowest BCUT2D eigenvalue weighted by molar-refractivity contribution is -0.117. The number of rotatable bonds is 3. The van der Waals surface area contributed by atoms with Crippen LogP contribution in [0.2, 0.25) is 0 Å². The van der Waals surface area contributed by atoms with Gasteiger partial charge in [0.25, 0.3) is 5.91 Å². The minimum absolute atomic E-state index is 0.0315. The topological polar surface area (TPSA) is 78.9 Å². The zero-order valence-corrected chi connectivity index (χ0v) is 9.03. The molecule has 0 saturated heterocycles. The number of carbonyl (C=O) groups is 1. The van der Waals surface area contributed by atoms with E-state index in [1.165, 1.54) is 6.92 Å². The van der Waals surface area contributed by atoms with Crippen molar-refractivity contribution in [3.05, 3.63) is 47.2 Å². The summed E-state index contributed by atoms with van der Waals surface area (Å²) in [4.78, 5) is 11.5. The second-order valence-corrected chi connectivity index (χ2v) is 3.34. The summed E-state index contributed by atoms with van der Waals surface area (Å²) in [6.07, 6.45) is 0. The fourth-order valence-corrected chi connectivity index (χ4v) is 1.18. The van der Waals surface area contributed by atoms with Crippen molar-refractivity contribution in [2.75, 3.05) is 0 Å². The maximum atomic E-state index is 11.5. The van der Waals surface area contributed by atoms with Crippen LogP contribution in [-0.4, -0.2) is 5.91 Å². The van der Waals surface area contributed by atoms with Gasteiger partial charge in [-0.3, -0.25) is 4.79 Å². The van der Waals surface area contributed by atoms with Gasteiger partial charge < -0.3 is 11.1 Å². The van der Waals surface area contributed by atoms with Crippen LogP contribution in [0, 0.1) is 11.3 Å². The highest BCUT2D eigenvalue weighted by molar-refractivity contribution is 5.97. The van der Waals surface area contributed by atoms with E-state index in [0.717, 1.165) is 5.56 Å². The van der Waals surface area contributed by atoms with E-state index in [1.54, 1.807) is 6.07 Å². The molecule has 16 heavy (non-hydrogen) atoms. The third-order valence-electron chi connectivity index (χ3n) is 2.03. The predicted molar refractivity (Wildman–Crippen MR) is 60.8 cm³/mol. The van der Waals surface area contributed by atoms with Gasteiger partial charge in [-0.25, -0.2) is 0 Å². The summed E-state index contributed by atoms with van der Waals surface area (Å²) in [6.45, 7) is 1.92. The molecule has 0 aromatic heterocycles. The van der Waals surface area contributed by atoms with E-state index in [9.17, 15) is 4.79 Å². The van der Waals surface area contributed by atoms with Crippen LogP contribution < -0.4 is 11.1 Å². The van der Waals surface area contributed by atoms with Gasteiger partial charge in [0.15, 0.2) is 0 Å². The number of carbonyl (C=O) groups excluding carboxylic acids is 1. The number of nitrogens with zero attached hydrogens (tertiary/aromatic N) is 1. The van der Waals surface area contributed by atoms with Gasteiger partial charge in [0.1, 0.15) is 11.6 Å². The monoisotopic (exact) mass is 215 g/mol. The molecular formula is C12H13N3O. The quantitative estimate of drug-likeness (QED) is 0.584. The Hall–Kier alpha value is -2.28. The van der Waals surface area contributed by atoms with E-state index in [0.29, 0.717) is 6.54 Å². The standard InChI is InChI=1S/C12H13N3O/c1-9(14)11(7-13)12(16)15-8-10-5-3-2-4-6-10/h2-6H,8,14H2,1H3,(H,15,16)/b11-9-. The molecule has 0 fully saturated rings. The van der Waals surface area contributed by atoms with Gasteiger partial charge in [-0.05, 0) is 12.5 Å². The van der Waals surface area contributed by atoms with Crippen molar-refractivity contribution in [2.45, 2.75) is 13.5 Å². The van der Waals surface area contributed by atoms with Crippen LogP contribution in [0.25, 0.3) is 0 Å². The van der Waals surface area contributed by atoms with Crippen LogP contribution in [0.5, 0.6) is 0 Å². The Labute approximate surface area is 94.4 Å². The number of benzene rings is 1. The van der Waals surface area contributed by atoms with Gasteiger partial charge in [0, 0.05) is 12.2 Å². The maximum Gasteiger partial charge on any atom is 0.263 e. The first-order chi connectivity index (χ1) is 7.65. The average Bonchev–Trinajstić information content (AvgIpc) is 2.28. The van der Waals surface area contributed by atoms with Crippen LogP contribution in [0.3, 0.4) is 0 Å². The molecule has 3 N–H and O–H groups in total. The largest absolute Gasteiger partial charge is 0.401 e. The lowest BCUT2D eigenvalue weighted by Crippen LogP contribution is -2.25. The highest BCUT2D eigenvalue weighted by Crippen LogP contribution is 2.00. The van der Waals surface area contributed by atoms with Crippen molar-refractivity contribution in [1.82, 2.24) is 5.32 Å². The summed E-state index contributed by atoms with van der Waals surface area (Å²) in [5.74, 6) is -0.439. The molecule has 82 valence electrons. The van der Waals surface area contributed by atoms with Crippen molar-refractivity contribution >= 4 is 5.91 Å². The summed E-state index contributed by atoms with van der Waals surface area (Å²) in [5, 5.41) is 11.3. The summed E-state index contributed by atoms with van der Waals surface area (Å²) < 4.78 is 0. The molecule has 0 spiro atoms. The number of allylic oxidation sites excluding steroid dienone is 1. The fraction of sp³-hybridized carbons (Fsp3) is 0.167. The van der Waals surface area contributed by atoms with Crippen LogP contribution in [0.1, 0.15) is 12.5 Å². The molecule has 0 aliphatic carbocycles. The molecule has 0 aliphatic heterocycles. The minimum Gasteiger partial charge on any atom is -0.401 e.